The first-order valence-electron chi connectivity index (χ1n) is 7.20. The Kier molecular flexibility index (Phi) is 7.28. The van der Waals surface area contributed by atoms with Gasteiger partial charge in [-0.25, -0.2) is 4.68 Å². The van der Waals surface area contributed by atoms with E-state index >= 15 is 0 Å². The molecule has 0 saturated heterocycles. The van der Waals surface area contributed by atoms with Crippen LogP contribution in [0.3, 0.4) is 0 Å². The molecule has 0 bridgehead atoms. The van der Waals surface area contributed by atoms with Crippen molar-refractivity contribution in [2.24, 2.45) is 0 Å². The Morgan fingerprint density at radius 1 is 1.46 bits per heavy atom. The molecule has 1 heterocycles. The van der Waals surface area contributed by atoms with Crippen molar-refractivity contribution in [3.63, 3.8) is 0 Å². The molecule has 0 fully saturated rings. The number of benzene rings is 1. The second-order valence-electron chi connectivity index (χ2n) is 4.99. The minimum atomic E-state index is -0.490. The van der Waals surface area contributed by atoms with E-state index < -0.39 is 4.92 Å². The van der Waals surface area contributed by atoms with E-state index in [2.05, 4.69) is 20.9 Å². The van der Waals surface area contributed by atoms with Crippen molar-refractivity contribution >= 4 is 24.0 Å². The Hall–Kier alpha value is -2.52. The van der Waals surface area contributed by atoms with Gasteiger partial charge in [0.25, 0.3) is 11.6 Å². The number of hydrogen-bond acceptors (Lipinski definition) is 6. The number of rotatable bonds is 7. The van der Waals surface area contributed by atoms with Gasteiger partial charge in [0.15, 0.2) is 5.69 Å². The molecule has 0 aliphatic rings. The smallest absolute Gasteiger partial charge is 0.273 e. The first-order chi connectivity index (χ1) is 11.0. The van der Waals surface area contributed by atoms with Crippen LogP contribution in [0.15, 0.2) is 30.5 Å². The predicted octanol–water partition coefficient (Wildman–Crippen LogP) is 1.33. The van der Waals surface area contributed by atoms with E-state index in [4.69, 9.17) is 0 Å². The molecule has 130 valence electrons. The van der Waals surface area contributed by atoms with Crippen LogP contribution < -0.4 is 10.6 Å². The third-order valence-corrected chi connectivity index (χ3v) is 3.15. The van der Waals surface area contributed by atoms with Crippen LogP contribution in [0.25, 0.3) is 5.69 Å². The lowest BCUT2D eigenvalue weighted by Gasteiger charge is -2.12. The molecule has 1 aromatic heterocycles. The van der Waals surface area contributed by atoms with Crippen LogP contribution in [-0.2, 0) is 0 Å². The van der Waals surface area contributed by atoms with Crippen LogP contribution in [0, 0.1) is 10.1 Å². The maximum absolute atomic E-state index is 12.0. The van der Waals surface area contributed by atoms with Gasteiger partial charge in [0.2, 0.25) is 0 Å². The Labute approximate surface area is 145 Å². The monoisotopic (exact) mass is 354 g/mol. The number of carbonyl (C=O) groups excluding carboxylic acids is 1. The average Bonchev–Trinajstić information content (AvgIpc) is 3.03. The van der Waals surface area contributed by atoms with E-state index in [1.807, 2.05) is 13.8 Å². The number of amides is 1. The van der Waals surface area contributed by atoms with Gasteiger partial charge in [-0.1, -0.05) is 18.2 Å². The maximum Gasteiger partial charge on any atom is 0.273 e. The van der Waals surface area contributed by atoms with Gasteiger partial charge in [0, 0.05) is 24.7 Å². The van der Waals surface area contributed by atoms with Gasteiger partial charge < -0.3 is 10.6 Å². The van der Waals surface area contributed by atoms with Gasteiger partial charge in [-0.2, -0.15) is 0 Å². The van der Waals surface area contributed by atoms with Crippen molar-refractivity contribution in [2.45, 2.75) is 19.9 Å². The molecule has 0 saturated carbocycles. The maximum atomic E-state index is 12.0. The number of nitrogens with one attached hydrogen (secondary N) is 2. The Morgan fingerprint density at radius 3 is 2.88 bits per heavy atom. The highest BCUT2D eigenvalue weighted by atomic mass is 35.5. The number of likely N-dealkylation sites (N-methyl/N-ethyl adjacent to an activating group) is 1. The van der Waals surface area contributed by atoms with Crippen molar-refractivity contribution in [2.75, 3.05) is 13.1 Å². The minimum Gasteiger partial charge on any atom is -0.349 e. The summed E-state index contributed by atoms with van der Waals surface area (Å²) in [4.78, 5) is 22.3. The van der Waals surface area contributed by atoms with E-state index in [0.717, 1.165) is 6.54 Å². The largest absolute Gasteiger partial charge is 0.349 e. The molecular formula is C14H19ClN6O3. The number of carbonyl (C=O) groups is 1. The molecule has 2 aromatic rings. The quantitative estimate of drug-likeness (QED) is 0.572. The summed E-state index contributed by atoms with van der Waals surface area (Å²) in [5.41, 5.74) is 0.565. The molecule has 24 heavy (non-hydrogen) atoms. The van der Waals surface area contributed by atoms with Crippen molar-refractivity contribution in [3.8, 4) is 5.69 Å². The topological polar surface area (TPSA) is 115 Å². The number of halogens is 1. The highest BCUT2D eigenvalue weighted by Gasteiger charge is 2.13. The molecule has 0 spiro atoms. The molecule has 0 aliphatic carbocycles. The number of aromatic nitrogens is 3. The summed E-state index contributed by atoms with van der Waals surface area (Å²) < 4.78 is 1.33. The number of nitrogens with zero attached hydrogens (tertiary/aromatic N) is 4. The molecule has 2 rings (SSSR count). The first kappa shape index (κ1) is 19.5. The second kappa shape index (κ2) is 8.94. The summed E-state index contributed by atoms with van der Waals surface area (Å²) >= 11 is 0. The molecule has 1 aromatic carbocycles. The Bertz CT molecular complexity index is 705. The summed E-state index contributed by atoms with van der Waals surface area (Å²) in [5.74, 6) is -0.341. The van der Waals surface area contributed by atoms with Crippen molar-refractivity contribution in [1.82, 2.24) is 25.6 Å². The molecule has 1 atom stereocenters. The van der Waals surface area contributed by atoms with E-state index in [1.54, 1.807) is 12.1 Å². The van der Waals surface area contributed by atoms with Crippen molar-refractivity contribution in [1.29, 1.82) is 0 Å². The van der Waals surface area contributed by atoms with Gasteiger partial charge in [-0.15, -0.1) is 17.5 Å². The molecule has 0 aliphatic heterocycles. The molecule has 10 heteroatoms. The lowest BCUT2D eigenvalue weighted by molar-refractivity contribution is -0.384. The highest BCUT2D eigenvalue weighted by Crippen LogP contribution is 2.15. The van der Waals surface area contributed by atoms with E-state index in [0.29, 0.717) is 12.2 Å². The Morgan fingerprint density at radius 2 is 2.21 bits per heavy atom. The van der Waals surface area contributed by atoms with Gasteiger partial charge in [0.05, 0.1) is 16.8 Å². The minimum absolute atomic E-state index is 0. The highest BCUT2D eigenvalue weighted by molar-refractivity contribution is 5.91. The van der Waals surface area contributed by atoms with E-state index in [1.165, 1.54) is 23.0 Å². The molecule has 2 N–H and O–H groups in total. The van der Waals surface area contributed by atoms with Gasteiger partial charge >= 0.3 is 0 Å². The lowest BCUT2D eigenvalue weighted by atomic mass is 10.3. The summed E-state index contributed by atoms with van der Waals surface area (Å²) in [6, 6.07) is 6.10. The fourth-order valence-corrected chi connectivity index (χ4v) is 2.00. The van der Waals surface area contributed by atoms with E-state index in [-0.39, 0.29) is 35.7 Å². The first-order valence-corrected chi connectivity index (χ1v) is 7.20. The van der Waals surface area contributed by atoms with Gasteiger partial charge in [-0.3, -0.25) is 14.9 Å². The van der Waals surface area contributed by atoms with Crippen LogP contribution in [0.4, 0.5) is 5.69 Å². The summed E-state index contributed by atoms with van der Waals surface area (Å²) in [5, 5.41) is 24.4. The molecular weight excluding hydrogens is 336 g/mol. The second-order valence-corrected chi connectivity index (χ2v) is 4.99. The van der Waals surface area contributed by atoms with Crippen LogP contribution in [0.1, 0.15) is 24.3 Å². The summed E-state index contributed by atoms with van der Waals surface area (Å²) in [6.45, 7) is 5.24. The third-order valence-electron chi connectivity index (χ3n) is 3.15. The zero-order valence-electron chi connectivity index (χ0n) is 13.3. The zero-order chi connectivity index (χ0) is 16.8. The van der Waals surface area contributed by atoms with Crippen LogP contribution in [-0.4, -0.2) is 45.0 Å². The molecule has 0 radical (unpaired) electrons. The molecule has 9 nitrogen and oxygen atoms in total. The van der Waals surface area contributed by atoms with Crippen molar-refractivity contribution in [3.05, 3.63) is 46.3 Å². The van der Waals surface area contributed by atoms with Gasteiger partial charge in [0.1, 0.15) is 0 Å². The predicted molar refractivity (Wildman–Crippen MR) is 90.7 cm³/mol. The van der Waals surface area contributed by atoms with E-state index in [9.17, 15) is 14.9 Å². The zero-order valence-corrected chi connectivity index (χ0v) is 14.1. The molecule has 0 unspecified atom stereocenters. The molecule has 1 amide bonds. The lowest BCUT2D eigenvalue weighted by Crippen LogP contribution is -2.38. The van der Waals surface area contributed by atoms with Crippen LogP contribution in [0.2, 0.25) is 0 Å². The standard InChI is InChI=1S/C14H18N6O3.ClH/c1-3-15-10(2)8-16-14(21)13-9-19(18-17-13)11-5-4-6-12(7-11)20(22)23;/h4-7,9-10,15H,3,8H2,1-2H3,(H,16,21);1H/t10-;/m1./s1. The number of nitro benzene ring substituents is 1. The third kappa shape index (κ3) is 5.00. The van der Waals surface area contributed by atoms with Gasteiger partial charge in [-0.05, 0) is 19.5 Å². The summed E-state index contributed by atoms with van der Waals surface area (Å²) in [6.07, 6.45) is 1.44. The normalized spacial score (nSPS) is 11.4. The average molecular weight is 355 g/mol. The van der Waals surface area contributed by atoms with Crippen LogP contribution in [0.5, 0.6) is 0 Å². The number of nitro groups is 1. The fraction of sp³-hybridized carbons (Fsp3) is 0.357. The van der Waals surface area contributed by atoms with Crippen LogP contribution >= 0.6 is 12.4 Å². The SMILES string of the molecule is CCN[C@H](C)CNC(=O)c1cn(-c2cccc([N+](=O)[O-])c2)nn1.Cl. The van der Waals surface area contributed by atoms with Crippen molar-refractivity contribution < 1.29 is 9.72 Å². The number of non-ortho nitro benzene ring substituents is 1. The summed E-state index contributed by atoms with van der Waals surface area (Å²) in [7, 11) is 0. The number of hydrogen-bond donors (Lipinski definition) is 2. The fourth-order valence-electron chi connectivity index (χ4n) is 2.00. The Balaban J connectivity index is 0.00000288.